The largest absolute Gasteiger partial charge is 0.394 e. The summed E-state index contributed by atoms with van der Waals surface area (Å²) in [6.45, 7) is 0.897. The van der Waals surface area contributed by atoms with E-state index in [4.69, 9.17) is 17.3 Å². The number of aliphatic hydroxyl groups is 1. The summed E-state index contributed by atoms with van der Waals surface area (Å²) in [4.78, 5) is 13.7. The molecule has 0 aromatic carbocycles. The van der Waals surface area contributed by atoms with Crippen molar-refractivity contribution in [2.45, 2.75) is 25.3 Å². The van der Waals surface area contributed by atoms with E-state index in [0.29, 0.717) is 5.95 Å². The van der Waals surface area contributed by atoms with Gasteiger partial charge in [-0.25, -0.2) is 0 Å². The fraction of sp³-hybridized carbons (Fsp3) is 0.667. The number of hydrogen-bond donors (Lipinski definition) is 2. The van der Waals surface area contributed by atoms with E-state index in [1.54, 1.807) is 0 Å². The minimum absolute atomic E-state index is 0.0478. The van der Waals surface area contributed by atoms with Crippen LogP contribution in [-0.4, -0.2) is 39.3 Å². The molecule has 1 unspecified atom stereocenters. The molecule has 1 aromatic heterocycles. The van der Waals surface area contributed by atoms with Crippen molar-refractivity contribution in [1.29, 1.82) is 0 Å². The van der Waals surface area contributed by atoms with Crippen LogP contribution in [0, 0.1) is 0 Å². The van der Waals surface area contributed by atoms with E-state index in [1.165, 1.54) is 0 Å². The molecule has 7 heteroatoms. The number of halogens is 1. The maximum Gasteiger partial charge on any atom is 0.231 e. The summed E-state index contributed by atoms with van der Waals surface area (Å²) >= 11 is 5.73. The Bertz CT molecular complexity index is 355. The van der Waals surface area contributed by atoms with E-state index in [9.17, 15) is 5.11 Å². The number of nitrogens with two attached hydrogens (primary N) is 1. The van der Waals surface area contributed by atoms with Gasteiger partial charge in [0.1, 0.15) is 0 Å². The summed E-state index contributed by atoms with van der Waals surface area (Å²) in [5, 5.41) is 9.37. The Kier molecular flexibility index (Phi) is 3.40. The molecule has 1 aliphatic rings. The predicted octanol–water partition coefficient (Wildman–Crippen LogP) is 0.458. The van der Waals surface area contributed by atoms with Gasteiger partial charge < -0.3 is 15.7 Å². The molecular weight excluding hydrogens is 230 g/mol. The monoisotopic (exact) mass is 243 g/mol. The van der Waals surface area contributed by atoms with Gasteiger partial charge in [0.25, 0.3) is 0 Å². The second-order valence-corrected chi connectivity index (χ2v) is 4.13. The summed E-state index contributed by atoms with van der Waals surface area (Å²) in [6, 6.07) is 0.0478. The number of hydrogen-bond acceptors (Lipinski definition) is 6. The summed E-state index contributed by atoms with van der Waals surface area (Å²) < 4.78 is 0. The fourth-order valence-corrected chi connectivity index (χ4v) is 2.10. The van der Waals surface area contributed by atoms with Crippen LogP contribution in [0.2, 0.25) is 5.28 Å². The van der Waals surface area contributed by atoms with E-state index < -0.39 is 0 Å². The highest BCUT2D eigenvalue weighted by Crippen LogP contribution is 2.22. The minimum atomic E-state index is 0.0478. The van der Waals surface area contributed by atoms with Crippen molar-refractivity contribution in [3.63, 3.8) is 0 Å². The highest BCUT2D eigenvalue weighted by atomic mass is 35.5. The van der Waals surface area contributed by atoms with Crippen molar-refractivity contribution < 1.29 is 5.11 Å². The number of anilines is 2. The molecule has 0 saturated carbocycles. The van der Waals surface area contributed by atoms with Crippen LogP contribution < -0.4 is 10.6 Å². The van der Waals surface area contributed by atoms with Gasteiger partial charge in [-0.05, 0) is 30.9 Å². The van der Waals surface area contributed by atoms with E-state index in [-0.39, 0.29) is 23.9 Å². The third-order valence-corrected chi connectivity index (χ3v) is 2.88. The lowest BCUT2D eigenvalue weighted by Crippen LogP contribution is -2.43. The van der Waals surface area contributed by atoms with Crippen LogP contribution in [0.15, 0.2) is 0 Å². The van der Waals surface area contributed by atoms with Crippen molar-refractivity contribution in [2.24, 2.45) is 0 Å². The second kappa shape index (κ2) is 4.80. The zero-order chi connectivity index (χ0) is 11.5. The molecule has 3 N–H and O–H groups in total. The number of rotatable bonds is 2. The average Bonchev–Trinajstić information content (AvgIpc) is 2.27. The quantitative estimate of drug-likeness (QED) is 0.785. The average molecular weight is 244 g/mol. The summed E-state index contributed by atoms with van der Waals surface area (Å²) in [5.41, 5.74) is 5.52. The number of aromatic nitrogens is 3. The van der Waals surface area contributed by atoms with E-state index in [2.05, 4.69) is 15.0 Å². The van der Waals surface area contributed by atoms with E-state index in [0.717, 1.165) is 25.8 Å². The zero-order valence-corrected chi connectivity index (χ0v) is 9.56. The topological polar surface area (TPSA) is 88.2 Å². The van der Waals surface area contributed by atoms with E-state index in [1.807, 2.05) is 4.90 Å². The van der Waals surface area contributed by atoms with E-state index >= 15 is 0 Å². The van der Waals surface area contributed by atoms with Crippen LogP contribution in [0.1, 0.15) is 19.3 Å². The lowest BCUT2D eigenvalue weighted by atomic mass is 10.0. The van der Waals surface area contributed by atoms with Gasteiger partial charge in [0.05, 0.1) is 12.6 Å². The first-order valence-corrected chi connectivity index (χ1v) is 5.63. The Labute approximate surface area is 98.5 Å². The lowest BCUT2D eigenvalue weighted by Gasteiger charge is -2.34. The number of nitrogen functional groups attached to an aromatic ring is 1. The molecule has 0 spiro atoms. The van der Waals surface area contributed by atoms with Crippen LogP contribution in [0.4, 0.5) is 11.9 Å². The Morgan fingerprint density at radius 2 is 2.19 bits per heavy atom. The molecule has 0 amide bonds. The predicted molar refractivity (Wildman–Crippen MR) is 61.3 cm³/mol. The Morgan fingerprint density at radius 1 is 1.38 bits per heavy atom. The van der Waals surface area contributed by atoms with Crippen molar-refractivity contribution in [3.8, 4) is 0 Å². The van der Waals surface area contributed by atoms with Gasteiger partial charge in [-0.15, -0.1) is 0 Å². The third kappa shape index (κ3) is 2.33. The minimum Gasteiger partial charge on any atom is -0.394 e. The molecule has 0 bridgehead atoms. The Balaban J connectivity index is 2.26. The molecule has 1 aliphatic heterocycles. The van der Waals surface area contributed by atoms with Gasteiger partial charge in [0, 0.05) is 6.54 Å². The Hall–Kier alpha value is -1.14. The SMILES string of the molecule is Nc1nc(Cl)nc(N2CCCCC2CO)n1. The molecule has 2 heterocycles. The van der Waals surface area contributed by atoms with Crippen molar-refractivity contribution >= 4 is 23.5 Å². The third-order valence-electron chi connectivity index (χ3n) is 2.71. The van der Waals surface area contributed by atoms with Crippen molar-refractivity contribution in [3.05, 3.63) is 5.28 Å². The molecular formula is C9H14ClN5O. The maximum absolute atomic E-state index is 9.28. The van der Waals surface area contributed by atoms with Crippen LogP contribution in [0.25, 0.3) is 0 Å². The molecule has 16 heavy (non-hydrogen) atoms. The van der Waals surface area contributed by atoms with Crippen LogP contribution >= 0.6 is 11.6 Å². The second-order valence-electron chi connectivity index (χ2n) is 3.79. The normalized spacial score (nSPS) is 21.1. The maximum atomic E-state index is 9.28. The highest BCUT2D eigenvalue weighted by Gasteiger charge is 2.24. The first-order valence-electron chi connectivity index (χ1n) is 5.25. The summed E-state index contributed by atoms with van der Waals surface area (Å²) in [6.07, 6.45) is 3.09. The van der Waals surface area contributed by atoms with Crippen molar-refractivity contribution in [1.82, 2.24) is 15.0 Å². The molecule has 1 saturated heterocycles. The van der Waals surface area contributed by atoms with Gasteiger partial charge in [0.15, 0.2) is 0 Å². The van der Waals surface area contributed by atoms with Gasteiger partial charge in [0.2, 0.25) is 17.2 Å². The smallest absolute Gasteiger partial charge is 0.231 e. The number of piperidine rings is 1. The number of aliphatic hydroxyl groups excluding tert-OH is 1. The van der Waals surface area contributed by atoms with Crippen LogP contribution in [0.3, 0.4) is 0 Å². The lowest BCUT2D eigenvalue weighted by molar-refractivity contribution is 0.239. The van der Waals surface area contributed by atoms with Crippen LogP contribution in [-0.2, 0) is 0 Å². The van der Waals surface area contributed by atoms with Crippen LogP contribution in [0.5, 0.6) is 0 Å². The van der Waals surface area contributed by atoms with Crippen molar-refractivity contribution in [2.75, 3.05) is 23.8 Å². The van der Waals surface area contributed by atoms with Gasteiger partial charge in [-0.3, -0.25) is 0 Å². The first-order chi connectivity index (χ1) is 7.70. The highest BCUT2D eigenvalue weighted by molar-refractivity contribution is 6.28. The van der Waals surface area contributed by atoms with Gasteiger partial charge in [-0.2, -0.15) is 15.0 Å². The summed E-state index contributed by atoms with van der Waals surface area (Å²) in [5.74, 6) is 0.563. The molecule has 1 atom stereocenters. The summed E-state index contributed by atoms with van der Waals surface area (Å²) in [7, 11) is 0. The molecule has 1 fully saturated rings. The zero-order valence-electron chi connectivity index (χ0n) is 8.80. The molecule has 1 aromatic rings. The first kappa shape index (κ1) is 11.3. The van der Waals surface area contributed by atoms with Gasteiger partial charge in [-0.1, -0.05) is 0 Å². The molecule has 0 radical (unpaired) electrons. The molecule has 88 valence electrons. The van der Waals surface area contributed by atoms with Gasteiger partial charge >= 0.3 is 0 Å². The molecule has 2 rings (SSSR count). The number of nitrogens with zero attached hydrogens (tertiary/aromatic N) is 4. The fourth-order valence-electron chi connectivity index (χ4n) is 1.94. The molecule has 6 nitrogen and oxygen atoms in total. The Morgan fingerprint density at radius 3 is 2.88 bits per heavy atom. The molecule has 0 aliphatic carbocycles. The standard InChI is InChI=1S/C9H14ClN5O/c10-7-12-8(11)14-9(13-7)15-4-2-1-3-6(15)5-16/h6,16H,1-5H2,(H2,11,12,13,14).